The molecule has 1 heterocycles. The second-order valence-corrected chi connectivity index (χ2v) is 4.89. The molecule has 2 nitrogen and oxygen atoms in total. The number of benzene rings is 1. The zero-order valence-corrected chi connectivity index (χ0v) is 10.6. The van der Waals surface area contributed by atoms with E-state index in [1.165, 1.54) is 6.07 Å². The summed E-state index contributed by atoms with van der Waals surface area (Å²) >= 11 is 9.25. The van der Waals surface area contributed by atoms with Crippen LogP contribution in [0.5, 0.6) is 0 Å². The number of H-pyrrole nitrogens is 1. The maximum Gasteiger partial charge on any atom is 0.141 e. The van der Waals surface area contributed by atoms with Crippen molar-refractivity contribution in [2.45, 2.75) is 11.2 Å². The molecule has 1 atom stereocenters. The van der Waals surface area contributed by atoms with Gasteiger partial charge in [0.25, 0.3) is 0 Å². The third-order valence-corrected chi connectivity index (χ3v) is 3.37. The first kappa shape index (κ1) is 11.6. The van der Waals surface area contributed by atoms with Crippen molar-refractivity contribution in [2.24, 2.45) is 0 Å². The summed E-state index contributed by atoms with van der Waals surface area (Å²) in [6.07, 6.45) is 4.17. The molecule has 1 aromatic carbocycles. The van der Waals surface area contributed by atoms with Crippen LogP contribution < -0.4 is 0 Å². The van der Waals surface area contributed by atoms with Gasteiger partial charge in [-0.25, -0.2) is 9.37 Å². The highest BCUT2D eigenvalue weighted by molar-refractivity contribution is 9.09. The van der Waals surface area contributed by atoms with Crippen molar-refractivity contribution in [3.8, 4) is 0 Å². The highest BCUT2D eigenvalue weighted by Gasteiger charge is 2.11. The lowest BCUT2D eigenvalue weighted by Crippen LogP contribution is -1.97. The molecule has 0 spiro atoms. The van der Waals surface area contributed by atoms with E-state index in [0.29, 0.717) is 6.42 Å². The van der Waals surface area contributed by atoms with Gasteiger partial charge in [-0.1, -0.05) is 33.6 Å². The van der Waals surface area contributed by atoms with Crippen LogP contribution in [0.4, 0.5) is 4.39 Å². The molecule has 5 heteroatoms. The van der Waals surface area contributed by atoms with Crippen LogP contribution in [-0.2, 0) is 6.42 Å². The van der Waals surface area contributed by atoms with Crippen LogP contribution in [0, 0.1) is 5.82 Å². The van der Waals surface area contributed by atoms with E-state index in [2.05, 4.69) is 25.9 Å². The normalized spacial score (nSPS) is 12.7. The lowest BCUT2D eigenvalue weighted by molar-refractivity contribution is 0.627. The molecule has 2 rings (SSSR count). The fraction of sp³-hybridized carbons (Fsp3) is 0.182. The molecule has 0 amide bonds. The van der Waals surface area contributed by atoms with Crippen molar-refractivity contribution in [1.29, 1.82) is 0 Å². The quantitative estimate of drug-likeness (QED) is 0.857. The maximum atomic E-state index is 13.0. The van der Waals surface area contributed by atoms with Gasteiger partial charge in [-0.15, -0.1) is 0 Å². The van der Waals surface area contributed by atoms with E-state index in [0.717, 1.165) is 11.4 Å². The van der Waals surface area contributed by atoms with E-state index < -0.39 is 5.82 Å². The molecule has 0 fully saturated rings. The first-order chi connectivity index (χ1) is 7.66. The summed E-state index contributed by atoms with van der Waals surface area (Å²) in [6.45, 7) is 0. The van der Waals surface area contributed by atoms with Gasteiger partial charge in [-0.2, -0.15) is 0 Å². The summed E-state index contributed by atoms with van der Waals surface area (Å²) in [5.41, 5.74) is 0.933. The van der Waals surface area contributed by atoms with E-state index in [1.807, 2.05) is 0 Å². The van der Waals surface area contributed by atoms with E-state index in [1.54, 1.807) is 24.5 Å². The number of nitrogens with zero attached hydrogens (tertiary/aromatic N) is 1. The summed E-state index contributed by atoms with van der Waals surface area (Å²) in [7, 11) is 0. The average molecular weight is 304 g/mol. The molecule has 0 saturated carbocycles. The molecule has 1 N–H and O–H groups in total. The van der Waals surface area contributed by atoms with Gasteiger partial charge < -0.3 is 4.98 Å². The highest BCUT2D eigenvalue weighted by Crippen LogP contribution is 2.28. The molecular formula is C11H9BrClFN2. The second-order valence-electron chi connectivity index (χ2n) is 3.38. The summed E-state index contributed by atoms with van der Waals surface area (Å²) in [4.78, 5) is 7.21. The molecule has 0 aliphatic carbocycles. The van der Waals surface area contributed by atoms with Crippen LogP contribution in [0.3, 0.4) is 0 Å². The molecule has 84 valence electrons. The van der Waals surface area contributed by atoms with Gasteiger partial charge in [0.2, 0.25) is 0 Å². The number of rotatable bonds is 3. The molecule has 1 unspecified atom stereocenters. The largest absolute Gasteiger partial charge is 0.349 e. The highest BCUT2D eigenvalue weighted by atomic mass is 79.9. The van der Waals surface area contributed by atoms with Gasteiger partial charge in [-0.05, 0) is 17.7 Å². The van der Waals surface area contributed by atoms with Gasteiger partial charge >= 0.3 is 0 Å². The van der Waals surface area contributed by atoms with Gasteiger partial charge in [0.15, 0.2) is 0 Å². The van der Waals surface area contributed by atoms with Gasteiger partial charge in [0.1, 0.15) is 11.6 Å². The number of hydrogen-bond acceptors (Lipinski definition) is 1. The Hall–Kier alpha value is -0.870. The maximum absolute atomic E-state index is 13.0. The van der Waals surface area contributed by atoms with Crippen molar-refractivity contribution < 1.29 is 4.39 Å². The molecule has 0 saturated heterocycles. The third kappa shape index (κ3) is 2.62. The monoisotopic (exact) mass is 302 g/mol. The van der Waals surface area contributed by atoms with Gasteiger partial charge in [0, 0.05) is 23.6 Å². The number of aromatic amines is 1. The summed E-state index contributed by atoms with van der Waals surface area (Å²) in [6, 6.07) is 4.71. The minimum atomic E-state index is -0.400. The van der Waals surface area contributed by atoms with E-state index in [9.17, 15) is 4.39 Å². The molecule has 16 heavy (non-hydrogen) atoms. The smallest absolute Gasteiger partial charge is 0.141 e. The zero-order valence-electron chi connectivity index (χ0n) is 8.25. The summed E-state index contributed by atoms with van der Waals surface area (Å²) < 4.78 is 13.0. The molecule has 0 aliphatic rings. The van der Waals surface area contributed by atoms with Crippen LogP contribution in [0.25, 0.3) is 0 Å². The fourth-order valence-corrected chi connectivity index (χ4v) is 2.18. The molecule has 2 aromatic rings. The fourth-order valence-electron chi connectivity index (χ4n) is 1.40. The predicted molar refractivity (Wildman–Crippen MR) is 65.4 cm³/mol. The number of hydrogen-bond donors (Lipinski definition) is 1. The van der Waals surface area contributed by atoms with Crippen molar-refractivity contribution in [2.75, 3.05) is 0 Å². The Kier molecular flexibility index (Phi) is 3.61. The third-order valence-electron chi connectivity index (χ3n) is 2.23. The Morgan fingerprint density at radius 1 is 1.50 bits per heavy atom. The minimum Gasteiger partial charge on any atom is -0.349 e. The Morgan fingerprint density at radius 3 is 2.94 bits per heavy atom. The number of halogens is 3. The Bertz CT molecular complexity index is 473. The predicted octanol–water partition coefficient (Wildman–Crippen LogP) is 3.88. The van der Waals surface area contributed by atoms with E-state index >= 15 is 0 Å². The number of nitrogens with one attached hydrogen (secondary N) is 1. The minimum absolute atomic E-state index is 0.0664. The first-order valence-electron chi connectivity index (χ1n) is 4.74. The molecule has 0 bridgehead atoms. The van der Waals surface area contributed by atoms with Crippen LogP contribution in [0.15, 0.2) is 30.6 Å². The van der Waals surface area contributed by atoms with Crippen molar-refractivity contribution in [1.82, 2.24) is 9.97 Å². The van der Waals surface area contributed by atoms with Crippen LogP contribution in [-0.4, -0.2) is 9.97 Å². The lowest BCUT2D eigenvalue weighted by Gasteiger charge is -2.09. The van der Waals surface area contributed by atoms with Crippen molar-refractivity contribution in [3.05, 3.63) is 52.8 Å². The second kappa shape index (κ2) is 4.97. The SMILES string of the molecule is Fc1ccc(C(Br)Cc2ncc[nH]2)cc1Cl. The van der Waals surface area contributed by atoms with Crippen LogP contribution in [0.1, 0.15) is 16.2 Å². The van der Waals surface area contributed by atoms with E-state index in [-0.39, 0.29) is 9.85 Å². The van der Waals surface area contributed by atoms with Crippen LogP contribution >= 0.6 is 27.5 Å². The zero-order chi connectivity index (χ0) is 11.5. The Labute approximate surface area is 106 Å². The Balaban J connectivity index is 2.14. The Morgan fingerprint density at radius 2 is 2.31 bits per heavy atom. The molecular weight excluding hydrogens is 294 g/mol. The summed E-state index contributed by atoms with van der Waals surface area (Å²) in [5, 5.41) is 0.140. The molecule has 1 aromatic heterocycles. The molecule has 0 radical (unpaired) electrons. The standard InChI is InChI=1S/C11H9BrClFN2/c12-8(6-11-15-3-4-16-11)7-1-2-10(14)9(13)5-7/h1-5,8H,6H2,(H,15,16). The number of alkyl halides is 1. The number of imidazole rings is 1. The average Bonchev–Trinajstić information content (AvgIpc) is 2.74. The lowest BCUT2D eigenvalue weighted by atomic mass is 10.1. The first-order valence-corrected chi connectivity index (χ1v) is 6.03. The van der Waals surface area contributed by atoms with Crippen molar-refractivity contribution in [3.63, 3.8) is 0 Å². The van der Waals surface area contributed by atoms with Crippen molar-refractivity contribution >= 4 is 27.5 Å². The van der Waals surface area contributed by atoms with E-state index in [4.69, 9.17) is 11.6 Å². The number of aromatic nitrogens is 2. The summed E-state index contributed by atoms with van der Waals surface area (Å²) in [5.74, 6) is 0.477. The molecule has 0 aliphatic heterocycles. The van der Waals surface area contributed by atoms with Gasteiger partial charge in [-0.3, -0.25) is 0 Å². The van der Waals surface area contributed by atoms with Crippen LogP contribution in [0.2, 0.25) is 5.02 Å². The topological polar surface area (TPSA) is 28.7 Å². The van der Waals surface area contributed by atoms with Gasteiger partial charge in [0.05, 0.1) is 5.02 Å².